The summed E-state index contributed by atoms with van der Waals surface area (Å²) in [5.74, 6) is -0.900. The highest BCUT2D eigenvalue weighted by Gasteiger charge is 2.30. The largest absolute Gasteiger partial charge is 0.352 e. The minimum atomic E-state index is -4.04. The summed E-state index contributed by atoms with van der Waals surface area (Å²) >= 11 is 6.06. The minimum Gasteiger partial charge on any atom is -0.352 e. The SMILES string of the molecule is CC1=C(CC(=O)NCc2cc(Cl)ccc2CN)C(=O)N(NS(=O)(=O)c2cccc3ccccc23)CC1. The van der Waals surface area contributed by atoms with Crippen molar-refractivity contribution in [2.45, 2.75) is 37.8 Å². The lowest BCUT2D eigenvalue weighted by atomic mass is 9.98. The van der Waals surface area contributed by atoms with Gasteiger partial charge in [0.25, 0.3) is 15.9 Å². The molecule has 1 aliphatic heterocycles. The van der Waals surface area contributed by atoms with E-state index in [9.17, 15) is 18.0 Å². The summed E-state index contributed by atoms with van der Waals surface area (Å²) in [6.07, 6.45) is 0.272. The molecule has 0 bridgehead atoms. The topological polar surface area (TPSA) is 122 Å². The summed E-state index contributed by atoms with van der Waals surface area (Å²) in [6, 6.07) is 17.4. The van der Waals surface area contributed by atoms with Gasteiger partial charge in [-0.1, -0.05) is 59.6 Å². The van der Waals surface area contributed by atoms with E-state index in [0.29, 0.717) is 23.4 Å². The number of hydrogen-bond acceptors (Lipinski definition) is 5. The second-order valence-electron chi connectivity index (χ2n) is 8.61. The van der Waals surface area contributed by atoms with Crippen LogP contribution in [0.4, 0.5) is 0 Å². The third kappa shape index (κ3) is 5.60. The van der Waals surface area contributed by atoms with Gasteiger partial charge in [0, 0.05) is 35.6 Å². The Morgan fingerprint density at radius 1 is 1.08 bits per heavy atom. The first-order valence-corrected chi connectivity index (χ1v) is 13.3. The lowest BCUT2D eigenvalue weighted by Gasteiger charge is -2.29. The first kappa shape index (κ1) is 25.8. The van der Waals surface area contributed by atoms with Gasteiger partial charge in [0.2, 0.25) is 5.91 Å². The predicted octanol–water partition coefficient (Wildman–Crippen LogP) is 3.40. The van der Waals surface area contributed by atoms with Gasteiger partial charge in [-0.25, -0.2) is 8.42 Å². The first-order chi connectivity index (χ1) is 17.2. The molecule has 1 aliphatic rings. The summed E-state index contributed by atoms with van der Waals surface area (Å²) in [7, 11) is -4.04. The lowest BCUT2D eigenvalue weighted by molar-refractivity contribution is -0.131. The van der Waals surface area contributed by atoms with Crippen LogP contribution in [0.5, 0.6) is 0 Å². The standard InChI is InChI=1S/C26H27ClN4O4S/c1-17-11-12-31(30-36(34,35)24-8-4-6-18-5-2-3-7-22(18)24)26(33)23(17)14-25(32)29-16-20-13-21(27)10-9-19(20)15-28/h2-10,13,30H,11-12,14-16,28H2,1H3,(H,29,32). The number of nitrogens with zero attached hydrogens (tertiary/aromatic N) is 1. The Morgan fingerprint density at radius 3 is 2.61 bits per heavy atom. The number of nitrogens with two attached hydrogens (primary N) is 1. The maximum atomic E-state index is 13.2. The molecule has 1 heterocycles. The van der Waals surface area contributed by atoms with E-state index in [1.165, 1.54) is 6.07 Å². The molecule has 0 radical (unpaired) electrons. The van der Waals surface area contributed by atoms with Crippen molar-refractivity contribution in [2.24, 2.45) is 5.73 Å². The van der Waals surface area contributed by atoms with Crippen molar-refractivity contribution in [3.63, 3.8) is 0 Å². The lowest BCUT2D eigenvalue weighted by Crippen LogP contribution is -2.49. The Kier molecular flexibility index (Phi) is 7.75. The molecule has 3 aromatic rings. The number of rotatable bonds is 8. The second kappa shape index (κ2) is 10.8. The molecule has 2 amide bonds. The zero-order valence-corrected chi connectivity index (χ0v) is 21.3. The normalized spacial score (nSPS) is 14.4. The number of amides is 2. The highest BCUT2D eigenvalue weighted by Crippen LogP contribution is 2.25. The fourth-order valence-electron chi connectivity index (χ4n) is 4.19. The van der Waals surface area contributed by atoms with Gasteiger partial charge in [-0.15, -0.1) is 4.83 Å². The van der Waals surface area contributed by atoms with Crippen LogP contribution in [0.25, 0.3) is 10.8 Å². The highest BCUT2D eigenvalue weighted by molar-refractivity contribution is 7.89. The summed E-state index contributed by atoms with van der Waals surface area (Å²) in [5.41, 5.74) is 8.43. The third-order valence-corrected chi connectivity index (χ3v) is 7.83. The van der Waals surface area contributed by atoms with Gasteiger partial charge in [-0.3, -0.25) is 14.6 Å². The van der Waals surface area contributed by atoms with Crippen LogP contribution in [0.15, 0.2) is 76.7 Å². The summed E-state index contributed by atoms with van der Waals surface area (Å²) in [4.78, 5) is 28.4. The number of hydrogen-bond donors (Lipinski definition) is 3. The van der Waals surface area contributed by atoms with Crippen LogP contribution in [0.3, 0.4) is 0 Å². The highest BCUT2D eigenvalue weighted by atomic mass is 35.5. The van der Waals surface area contributed by atoms with Crippen molar-refractivity contribution in [3.05, 3.63) is 88.0 Å². The van der Waals surface area contributed by atoms with Crippen LogP contribution in [-0.4, -0.2) is 31.8 Å². The van der Waals surface area contributed by atoms with Gasteiger partial charge >= 0.3 is 0 Å². The summed E-state index contributed by atoms with van der Waals surface area (Å²) in [5, 5.41) is 5.73. The van der Waals surface area contributed by atoms with E-state index in [1.54, 1.807) is 43.3 Å². The van der Waals surface area contributed by atoms with E-state index < -0.39 is 15.9 Å². The van der Waals surface area contributed by atoms with Crippen molar-refractivity contribution < 1.29 is 18.0 Å². The molecule has 3 aromatic carbocycles. The molecule has 0 aliphatic carbocycles. The van der Waals surface area contributed by atoms with Crippen LogP contribution < -0.4 is 15.9 Å². The third-order valence-electron chi connectivity index (χ3n) is 6.20. The minimum absolute atomic E-state index is 0.0798. The van der Waals surface area contributed by atoms with Gasteiger partial charge in [0.05, 0.1) is 11.3 Å². The Bertz CT molecular complexity index is 1460. The summed E-state index contributed by atoms with van der Waals surface area (Å²) < 4.78 is 26.4. The molecular weight excluding hydrogens is 500 g/mol. The van der Waals surface area contributed by atoms with E-state index >= 15 is 0 Å². The summed E-state index contributed by atoms with van der Waals surface area (Å²) in [6.45, 7) is 2.46. The number of benzene rings is 3. The van der Waals surface area contributed by atoms with Gasteiger partial charge in [-0.05, 0) is 48.1 Å². The van der Waals surface area contributed by atoms with Crippen LogP contribution in [0.2, 0.25) is 5.02 Å². The fraction of sp³-hybridized carbons (Fsp3) is 0.231. The average Bonchev–Trinajstić information content (AvgIpc) is 2.86. The van der Waals surface area contributed by atoms with Crippen LogP contribution in [0.1, 0.15) is 30.9 Å². The molecule has 0 fully saturated rings. The van der Waals surface area contributed by atoms with Crippen molar-refractivity contribution in [1.29, 1.82) is 0 Å². The molecule has 0 saturated heterocycles. The van der Waals surface area contributed by atoms with Gasteiger partial charge in [0.15, 0.2) is 0 Å². The van der Waals surface area contributed by atoms with E-state index in [-0.39, 0.29) is 35.9 Å². The fourth-order valence-corrected chi connectivity index (χ4v) is 5.68. The maximum Gasteiger partial charge on any atom is 0.265 e. The number of carbonyl (C=O) groups excluding carboxylic acids is 2. The smallest absolute Gasteiger partial charge is 0.265 e. The zero-order valence-electron chi connectivity index (χ0n) is 19.8. The maximum absolute atomic E-state index is 13.2. The Balaban J connectivity index is 1.46. The Morgan fingerprint density at radius 2 is 1.83 bits per heavy atom. The van der Waals surface area contributed by atoms with E-state index in [4.69, 9.17) is 17.3 Å². The number of halogens is 1. The Hall–Kier alpha value is -3.24. The molecule has 10 heteroatoms. The molecule has 36 heavy (non-hydrogen) atoms. The number of nitrogens with one attached hydrogen (secondary N) is 2. The van der Waals surface area contributed by atoms with E-state index in [0.717, 1.165) is 27.1 Å². The quantitative estimate of drug-likeness (QED) is 0.415. The monoisotopic (exact) mass is 526 g/mol. The van der Waals surface area contributed by atoms with Crippen molar-refractivity contribution >= 4 is 44.2 Å². The van der Waals surface area contributed by atoms with Crippen molar-refractivity contribution in [1.82, 2.24) is 15.2 Å². The molecule has 4 rings (SSSR count). The van der Waals surface area contributed by atoms with Crippen molar-refractivity contribution in [2.75, 3.05) is 6.54 Å². The number of sulfonamides is 1. The zero-order chi connectivity index (χ0) is 25.9. The van der Waals surface area contributed by atoms with Crippen LogP contribution in [0, 0.1) is 0 Å². The molecule has 0 saturated carbocycles. The molecule has 0 spiro atoms. The molecular formula is C26H27ClN4O4S. The average molecular weight is 527 g/mol. The molecule has 188 valence electrons. The van der Waals surface area contributed by atoms with Gasteiger partial charge < -0.3 is 11.1 Å². The van der Waals surface area contributed by atoms with Crippen LogP contribution in [-0.2, 0) is 32.7 Å². The predicted molar refractivity (Wildman–Crippen MR) is 139 cm³/mol. The van der Waals surface area contributed by atoms with Gasteiger partial charge in [-0.2, -0.15) is 0 Å². The van der Waals surface area contributed by atoms with Gasteiger partial charge in [0.1, 0.15) is 0 Å². The van der Waals surface area contributed by atoms with Crippen LogP contribution >= 0.6 is 11.6 Å². The van der Waals surface area contributed by atoms with Crippen molar-refractivity contribution in [3.8, 4) is 0 Å². The molecule has 0 aromatic heterocycles. The number of carbonyl (C=O) groups is 2. The Labute approximate surface area is 215 Å². The molecule has 8 nitrogen and oxygen atoms in total. The number of fused-ring (bicyclic) bond motifs is 1. The van der Waals surface area contributed by atoms with E-state index in [2.05, 4.69) is 10.1 Å². The molecule has 0 atom stereocenters. The van der Waals surface area contributed by atoms with E-state index in [1.807, 2.05) is 18.2 Å². The molecule has 0 unspecified atom stereocenters. The number of hydrazine groups is 1. The molecule has 4 N–H and O–H groups in total. The second-order valence-corrected chi connectivity index (χ2v) is 10.7. The first-order valence-electron chi connectivity index (χ1n) is 11.4.